The molecule has 4 nitrogen and oxygen atoms in total. The molecular formula is C12H17ClN2O2. The highest BCUT2D eigenvalue weighted by Gasteiger charge is 2.23. The van der Waals surface area contributed by atoms with Crippen LogP contribution < -0.4 is 4.74 Å². The highest BCUT2D eigenvalue weighted by atomic mass is 35.5. The molecule has 2 atom stereocenters. The Bertz CT molecular complexity index is 362. The molecule has 0 bridgehead atoms. The zero-order chi connectivity index (χ0) is 12.1. The molecule has 1 fully saturated rings. The molecule has 1 aromatic rings. The third kappa shape index (κ3) is 3.54. The largest absolute Gasteiger partial charge is 0.473 e. The van der Waals surface area contributed by atoms with E-state index < -0.39 is 0 Å². The van der Waals surface area contributed by atoms with Crippen molar-refractivity contribution in [1.82, 2.24) is 9.97 Å². The van der Waals surface area contributed by atoms with Gasteiger partial charge in [-0.05, 0) is 19.3 Å². The molecule has 0 saturated heterocycles. The Labute approximate surface area is 106 Å². The number of ether oxygens (including phenoxy) is 2. The predicted molar refractivity (Wildman–Crippen MR) is 65.3 cm³/mol. The van der Waals surface area contributed by atoms with E-state index in [9.17, 15) is 0 Å². The lowest BCUT2D eigenvalue weighted by molar-refractivity contribution is 0.0193. The summed E-state index contributed by atoms with van der Waals surface area (Å²) in [5.41, 5.74) is 0.739. The monoisotopic (exact) mass is 256 g/mol. The Morgan fingerprint density at radius 2 is 2.18 bits per heavy atom. The van der Waals surface area contributed by atoms with Crippen molar-refractivity contribution in [2.75, 3.05) is 7.11 Å². The van der Waals surface area contributed by atoms with Gasteiger partial charge in [0, 0.05) is 19.7 Å². The molecule has 0 N–H and O–H groups in total. The SMILES string of the molecule is COC1CCCC(Oc2cncc(CCl)n2)C1. The number of aromatic nitrogens is 2. The van der Waals surface area contributed by atoms with Crippen molar-refractivity contribution in [3.8, 4) is 5.88 Å². The van der Waals surface area contributed by atoms with E-state index in [2.05, 4.69) is 9.97 Å². The van der Waals surface area contributed by atoms with Crippen LogP contribution in [0.1, 0.15) is 31.4 Å². The molecule has 0 aromatic carbocycles. The molecule has 94 valence electrons. The van der Waals surface area contributed by atoms with Gasteiger partial charge in [-0.1, -0.05) is 0 Å². The number of hydrogen-bond acceptors (Lipinski definition) is 4. The van der Waals surface area contributed by atoms with Crippen molar-refractivity contribution >= 4 is 11.6 Å². The van der Waals surface area contributed by atoms with Crippen LogP contribution in [0.4, 0.5) is 0 Å². The van der Waals surface area contributed by atoms with Crippen LogP contribution >= 0.6 is 11.6 Å². The molecule has 0 aliphatic heterocycles. The second-order valence-electron chi connectivity index (χ2n) is 4.25. The fourth-order valence-electron chi connectivity index (χ4n) is 2.10. The van der Waals surface area contributed by atoms with Gasteiger partial charge in [0.2, 0.25) is 5.88 Å². The quantitative estimate of drug-likeness (QED) is 0.777. The predicted octanol–water partition coefficient (Wildman–Crippen LogP) is 2.55. The maximum Gasteiger partial charge on any atom is 0.232 e. The highest BCUT2D eigenvalue weighted by Crippen LogP contribution is 2.24. The maximum absolute atomic E-state index is 5.82. The van der Waals surface area contributed by atoms with Gasteiger partial charge in [0.25, 0.3) is 0 Å². The van der Waals surface area contributed by atoms with Gasteiger partial charge in [-0.15, -0.1) is 11.6 Å². The van der Waals surface area contributed by atoms with Gasteiger partial charge in [0.05, 0.1) is 23.9 Å². The van der Waals surface area contributed by atoms with Crippen LogP contribution in [0.2, 0.25) is 0 Å². The van der Waals surface area contributed by atoms with Crippen LogP contribution in [0.5, 0.6) is 5.88 Å². The Hall–Kier alpha value is -0.870. The summed E-state index contributed by atoms with van der Waals surface area (Å²) in [6, 6.07) is 0. The third-order valence-electron chi connectivity index (χ3n) is 3.00. The minimum atomic E-state index is 0.175. The molecule has 17 heavy (non-hydrogen) atoms. The number of rotatable bonds is 4. The van der Waals surface area contributed by atoms with E-state index >= 15 is 0 Å². The van der Waals surface area contributed by atoms with Gasteiger partial charge in [-0.25, -0.2) is 4.98 Å². The summed E-state index contributed by atoms with van der Waals surface area (Å²) in [5.74, 6) is 0.917. The van der Waals surface area contributed by atoms with Crippen molar-refractivity contribution in [3.63, 3.8) is 0 Å². The molecule has 2 unspecified atom stereocenters. The zero-order valence-corrected chi connectivity index (χ0v) is 10.7. The van der Waals surface area contributed by atoms with Crippen LogP contribution in [0.25, 0.3) is 0 Å². The van der Waals surface area contributed by atoms with Gasteiger partial charge in [-0.2, -0.15) is 0 Å². The Kier molecular flexibility index (Phi) is 4.57. The second kappa shape index (κ2) is 6.17. The molecule has 1 aliphatic carbocycles. The Balaban J connectivity index is 1.95. The third-order valence-corrected chi connectivity index (χ3v) is 3.27. The van der Waals surface area contributed by atoms with E-state index in [-0.39, 0.29) is 6.10 Å². The first-order valence-corrected chi connectivity index (χ1v) is 6.41. The lowest BCUT2D eigenvalue weighted by Gasteiger charge is -2.28. The van der Waals surface area contributed by atoms with Crippen LogP contribution in [-0.4, -0.2) is 29.3 Å². The van der Waals surface area contributed by atoms with Gasteiger partial charge in [0.15, 0.2) is 0 Å². The number of methoxy groups -OCH3 is 1. The van der Waals surface area contributed by atoms with Crippen LogP contribution in [-0.2, 0) is 10.6 Å². The van der Waals surface area contributed by atoms with Gasteiger partial charge < -0.3 is 9.47 Å². The maximum atomic E-state index is 5.82. The van der Waals surface area contributed by atoms with Crippen molar-refractivity contribution < 1.29 is 9.47 Å². The second-order valence-corrected chi connectivity index (χ2v) is 4.51. The molecule has 5 heteroatoms. The molecule has 1 heterocycles. The van der Waals surface area contributed by atoms with E-state index in [1.54, 1.807) is 19.5 Å². The van der Waals surface area contributed by atoms with Crippen LogP contribution in [0.3, 0.4) is 0 Å². The van der Waals surface area contributed by atoms with Crippen molar-refractivity contribution in [2.45, 2.75) is 43.8 Å². The highest BCUT2D eigenvalue weighted by molar-refractivity contribution is 6.16. The first-order valence-electron chi connectivity index (χ1n) is 5.88. The fraction of sp³-hybridized carbons (Fsp3) is 0.667. The molecule has 0 radical (unpaired) electrons. The fourth-order valence-corrected chi connectivity index (χ4v) is 2.23. The summed E-state index contributed by atoms with van der Waals surface area (Å²) in [4.78, 5) is 8.34. The number of nitrogens with zero attached hydrogens (tertiary/aromatic N) is 2. The minimum Gasteiger partial charge on any atom is -0.473 e. The van der Waals surface area contributed by atoms with Gasteiger partial charge in [-0.3, -0.25) is 4.98 Å². The molecule has 0 spiro atoms. The molecule has 1 saturated carbocycles. The average molecular weight is 257 g/mol. The summed E-state index contributed by atoms with van der Waals surface area (Å²) < 4.78 is 11.2. The molecule has 0 amide bonds. The summed E-state index contributed by atoms with van der Waals surface area (Å²) in [6.45, 7) is 0. The number of halogens is 1. The lowest BCUT2D eigenvalue weighted by Crippen LogP contribution is -2.29. The standard InChI is InChI=1S/C12H17ClN2O2/c1-16-10-3-2-4-11(5-10)17-12-8-14-7-9(6-13)15-12/h7-8,10-11H,2-6H2,1H3. The van der Waals surface area contributed by atoms with Crippen molar-refractivity contribution in [2.24, 2.45) is 0 Å². The Morgan fingerprint density at radius 1 is 1.35 bits per heavy atom. The van der Waals surface area contributed by atoms with Crippen molar-refractivity contribution in [3.05, 3.63) is 18.1 Å². The molecule has 2 rings (SSSR count). The summed E-state index contributed by atoms with van der Waals surface area (Å²) in [7, 11) is 1.75. The summed E-state index contributed by atoms with van der Waals surface area (Å²) >= 11 is 5.71. The van der Waals surface area contributed by atoms with Crippen LogP contribution in [0, 0.1) is 0 Å². The number of alkyl halides is 1. The van der Waals surface area contributed by atoms with E-state index in [4.69, 9.17) is 21.1 Å². The zero-order valence-electron chi connectivity index (χ0n) is 9.93. The van der Waals surface area contributed by atoms with Gasteiger partial charge in [0.1, 0.15) is 6.10 Å². The lowest BCUT2D eigenvalue weighted by atomic mass is 9.95. The van der Waals surface area contributed by atoms with Gasteiger partial charge >= 0.3 is 0 Å². The average Bonchev–Trinajstić information content (AvgIpc) is 2.39. The first kappa shape index (κ1) is 12.6. The van der Waals surface area contributed by atoms with Crippen molar-refractivity contribution in [1.29, 1.82) is 0 Å². The van der Waals surface area contributed by atoms with E-state index in [1.165, 1.54) is 0 Å². The van der Waals surface area contributed by atoms with E-state index in [0.717, 1.165) is 31.4 Å². The smallest absolute Gasteiger partial charge is 0.232 e. The topological polar surface area (TPSA) is 44.2 Å². The summed E-state index contributed by atoms with van der Waals surface area (Å²) in [5, 5.41) is 0. The molecular weight excluding hydrogens is 240 g/mol. The molecule has 1 aromatic heterocycles. The minimum absolute atomic E-state index is 0.175. The first-order chi connectivity index (χ1) is 8.31. The number of hydrogen-bond donors (Lipinski definition) is 0. The summed E-state index contributed by atoms with van der Waals surface area (Å²) in [6.07, 6.45) is 7.97. The van der Waals surface area contributed by atoms with Crippen LogP contribution in [0.15, 0.2) is 12.4 Å². The Morgan fingerprint density at radius 3 is 2.94 bits per heavy atom. The normalized spacial score (nSPS) is 24.6. The van der Waals surface area contributed by atoms with E-state index in [1.807, 2.05) is 0 Å². The van der Waals surface area contributed by atoms with E-state index in [0.29, 0.717) is 17.9 Å². The molecule has 1 aliphatic rings.